The van der Waals surface area contributed by atoms with E-state index < -0.39 is 6.10 Å². The third-order valence-electron chi connectivity index (χ3n) is 6.27. The first-order chi connectivity index (χ1) is 16.7. The molecule has 0 radical (unpaired) electrons. The summed E-state index contributed by atoms with van der Waals surface area (Å²) in [7, 11) is 0. The van der Waals surface area contributed by atoms with Crippen molar-refractivity contribution in [2.24, 2.45) is 0 Å². The summed E-state index contributed by atoms with van der Waals surface area (Å²) < 4.78 is 2.29. The molecule has 0 saturated heterocycles. The van der Waals surface area contributed by atoms with Crippen LogP contribution in [0.5, 0.6) is 0 Å². The maximum Gasteiger partial charge on any atom is 0.0843 e. The highest BCUT2D eigenvalue weighted by Crippen LogP contribution is 2.41. The molecule has 0 aliphatic heterocycles. The molecule has 5 aromatic rings. The van der Waals surface area contributed by atoms with E-state index in [0.717, 1.165) is 23.3 Å². The SMILES string of the molecule is Cc1ccc2c(c1)c(-c1ccccc1)c(-c1ccccc1)n2CC(O)CNCc1ccccc1. The fourth-order valence-electron chi connectivity index (χ4n) is 4.71. The van der Waals surface area contributed by atoms with Crippen molar-refractivity contribution in [3.8, 4) is 22.4 Å². The van der Waals surface area contributed by atoms with Crippen LogP contribution in [0.3, 0.4) is 0 Å². The minimum absolute atomic E-state index is 0.512. The second-order valence-corrected chi connectivity index (χ2v) is 8.86. The monoisotopic (exact) mass is 446 g/mol. The summed E-state index contributed by atoms with van der Waals surface area (Å²) in [6.07, 6.45) is -0.522. The Morgan fingerprint density at radius 1 is 0.765 bits per heavy atom. The Kier molecular flexibility index (Phi) is 6.57. The summed E-state index contributed by atoms with van der Waals surface area (Å²) in [4.78, 5) is 0. The summed E-state index contributed by atoms with van der Waals surface area (Å²) in [6, 6.07) is 38.0. The molecular weight excluding hydrogens is 416 g/mol. The molecule has 34 heavy (non-hydrogen) atoms. The predicted octanol–water partition coefficient (Wildman–Crippen LogP) is 6.43. The first-order valence-electron chi connectivity index (χ1n) is 11.9. The Bertz CT molecular complexity index is 1360. The third kappa shape index (κ3) is 4.67. The van der Waals surface area contributed by atoms with Crippen molar-refractivity contribution in [3.05, 3.63) is 120 Å². The van der Waals surface area contributed by atoms with Crippen LogP contribution in [0, 0.1) is 6.92 Å². The zero-order valence-electron chi connectivity index (χ0n) is 19.5. The highest BCUT2D eigenvalue weighted by molar-refractivity contribution is 6.04. The van der Waals surface area contributed by atoms with Gasteiger partial charge in [0.2, 0.25) is 0 Å². The number of benzene rings is 4. The van der Waals surface area contributed by atoms with Crippen molar-refractivity contribution < 1.29 is 5.11 Å². The topological polar surface area (TPSA) is 37.2 Å². The van der Waals surface area contributed by atoms with Gasteiger partial charge >= 0.3 is 0 Å². The lowest BCUT2D eigenvalue weighted by atomic mass is 9.98. The normalized spacial score (nSPS) is 12.2. The number of aliphatic hydroxyl groups is 1. The quantitative estimate of drug-likeness (QED) is 0.288. The molecule has 1 unspecified atom stereocenters. The van der Waals surface area contributed by atoms with Gasteiger partial charge in [0.25, 0.3) is 0 Å². The van der Waals surface area contributed by atoms with Crippen LogP contribution in [-0.2, 0) is 13.1 Å². The molecule has 0 fully saturated rings. The number of hydrogen-bond acceptors (Lipinski definition) is 2. The van der Waals surface area contributed by atoms with E-state index in [1.807, 2.05) is 24.3 Å². The fraction of sp³-hybridized carbons (Fsp3) is 0.161. The average molecular weight is 447 g/mol. The average Bonchev–Trinajstić information content (AvgIpc) is 3.18. The molecule has 4 aromatic carbocycles. The summed E-state index contributed by atoms with van der Waals surface area (Å²) in [5, 5.41) is 15.7. The van der Waals surface area contributed by atoms with Crippen LogP contribution in [0.1, 0.15) is 11.1 Å². The lowest BCUT2D eigenvalue weighted by Crippen LogP contribution is -2.30. The summed E-state index contributed by atoms with van der Waals surface area (Å²) >= 11 is 0. The van der Waals surface area contributed by atoms with Crippen LogP contribution in [0.25, 0.3) is 33.3 Å². The number of aromatic nitrogens is 1. The van der Waals surface area contributed by atoms with Gasteiger partial charge in [-0.3, -0.25) is 0 Å². The van der Waals surface area contributed by atoms with Gasteiger partial charge in [-0.1, -0.05) is 103 Å². The van der Waals surface area contributed by atoms with Crippen LogP contribution in [-0.4, -0.2) is 22.3 Å². The standard InChI is InChI=1S/C31H30N2O/c1-23-17-18-29-28(19-23)30(25-13-7-3-8-14-25)31(26-15-9-4-10-16-26)33(29)22-27(34)21-32-20-24-11-5-2-6-12-24/h2-19,27,32,34H,20-22H2,1H3. The molecule has 0 aliphatic carbocycles. The van der Waals surface area contributed by atoms with Crippen LogP contribution in [0.4, 0.5) is 0 Å². The number of nitrogens with zero attached hydrogens (tertiary/aromatic N) is 1. The maximum atomic E-state index is 11.1. The summed E-state index contributed by atoms with van der Waals surface area (Å²) in [5.41, 5.74) is 8.29. The molecule has 1 heterocycles. The Hall–Kier alpha value is -3.66. The Labute approximate surface area is 201 Å². The molecule has 2 N–H and O–H groups in total. The number of rotatable bonds is 8. The van der Waals surface area contributed by atoms with Crippen molar-refractivity contribution in [3.63, 3.8) is 0 Å². The zero-order chi connectivity index (χ0) is 23.3. The molecular formula is C31H30N2O. The molecule has 0 bridgehead atoms. The van der Waals surface area contributed by atoms with Crippen molar-refractivity contribution in [1.82, 2.24) is 9.88 Å². The Balaban J connectivity index is 1.55. The second-order valence-electron chi connectivity index (χ2n) is 8.86. The third-order valence-corrected chi connectivity index (χ3v) is 6.27. The molecule has 0 amide bonds. The minimum atomic E-state index is -0.522. The fourth-order valence-corrected chi connectivity index (χ4v) is 4.71. The van der Waals surface area contributed by atoms with Gasteiger partial charge in [0, 0.05) is 29.6 Å². The van der Waals surface area contributed by atoms with E-state index in [0.29, 0.717) is 13.1 Å². The Morgan fingerprint density at radius 2 is 1.38 bits per heavy atom. The predicted molar refractivity (Wildman–Crippen MR) is 142 cm³/mol. The molecule has 0 saturated carbocycles. The number of hydrogen-bond donors (Lipinski definition) is 2. The number of fused-ring (bicyclic) bond motifs is 1. The van der Waals surface area contributed by atoms with Crippen LogP contribution >= 0.6 is 0 Å². The van der Waals surface area contributed by atoms with Gasteiger partial charge in [-0.15, -0.1) is 0 Å². The maximum absolute atomic E-state index is 11.1. The summed E-state index contributed by atoms with van der Waals surface area (Å²) in [6.45, 7) is 3.91. The second kappa shape index (κ2) is 10.1. The molecule has 5 rings (SSSR count). The van der Waals surface area contributed by atoms with E-state index in [1.54, 1.807) is 0 Å². The molecule has 3 nitrogen and oxygen atoms in total. The first kappa shape index (κ1) is 22.1. The molecule has 3 heteroatoms. The lowest BCUT2D eigenvalue weighted by Gasteiger charge is -2.18. The van der Waals surface area contributed by atoms with E-state index in [2.05, 4.69) is 102 Å². The van der Waals surface area contributed by atoms with Gasteiger partial charge in [0.1, 0.15) is 0 Å². The largest absolute Gasteiger partial charge is 0.390 e. The van der Waals surface area contributed by atoms with E-state index in [-0.39, 0.29) is 0 Å². The van der Waals surface area contributed by atoms with Gasteiger partial charge < -0.3 is 15.0 Å². The first-order valence-corrected chi connectivity index (χ1v) is 11.9. The van der Waals surface area contributed by atoms with Gasteiger partial charge in [0.15, 0.2) is 0 Å². The van der Waals surface area contributed by atoms with Crippen LogP contribution < -0.4 is 5.32 Å². The van der Waals surface area contributed by atoms with Gasteiger partial charge in [-0.25, -0.2) is 0 Å². The van der Waals surface area contributed by atoms with Crippen LogP contribution in [0.2, 0.25) is 0 Å². The van der Waals surface area contributed by atoms with Crippen molar-refractivity contribution in [1.29, 1.82) is 0 Å². The van der Waals surface area contributed by atoms with Crippen molar-refractivity contribution in [2.45, 2.75) is 26.1 Å². The molecule has 1 atom stereocenters. The Morgan fingerprint density at radius 3 is 2.06 bits per heavy atom. The highest BCUT2D eigenvalue weighted by Gasteiger charge is 2.21. The van der Waals surface area contributed by atoms with Gasteiger partial charge in [-0.2, -0.15) is 0 Å². The highest BCUT2D eigenvalue weighted by atomic mass is 16.3. The molecule has 170 valence electrons. The zero-order valence-corrected chi connectivity index (χ0v) is 19.5. The lowest BCUT2D eigenvalue weighted by molar-refractivity contribution is 0.153. The van der Waals surface area contributed by atoms with E-state index in [9.17, 15) is 5.11 Å². The van der Waals surface area contributed by atoms with E-state index in [1.165, 1.54) is 27.6 Å². The number of aliphatic hydroxyl groups excluding tert-OH is 1. The van der Waals surface area contributed by atoms with Gasteiger partial charge in [-0.05, 0) is 35.7 Å². The molecule has 0 aliphatic rings. The number of nitrogens with one attached hydrogen (secondary N) is 1. The molecule has 1 aromatic heterocycles. The van der Waals surface area contributed by atoms with Gasteiger partial charge in [0.05, 0.1) is 18.3 Å². The minimum Gasteiger partial charge on any atom is -0.390 e. The number of aryl methyl sites for hydroxylation is 1. The van der Waals surface area contributed by atoms with E-state index in [4.69, 9.17) is 0 Å². The van der Waals surface area contributed by atoms with E-state index >= 15 is 0 Å². The van der Waals surface area contributed by atoms with Crippen molar-refractivity contribution >= 4 is 10.9 Å². The molecule has 0 spiro atoms. The smallest absolute Gasteiger partial charge is 0.0843 e. The van der Waals surface area contributed by atoms with Crippen LogP contribution in [0.15, 0.2) is 109 Å². The summed E-state index contributed by atoms with van der Waals surface area (Å²) in [5.74, 6) is 0. The van der Waals surface area contributed by atoms with Crippen molar-refractivity contribution in [2.75, 3.05) is 6.54 Å².